The SMILES string of the molecule is CC(C)(C)NCc1cnc(C2CCc3ccccc32)nc1. The zero-order valence-corrected chi connectivity index (χ0v) is 13.1. The van der Waals surface area contributed by atoms with E-state index < -0.39 is 0 Å². The van der Waals surface area contributed by atoms with Crippen LogP contribution >= 0.6 is 0 Å². The molecule has 3 heteroatoms. The molecule has 0 bridgehead atoms. The number of aromatic nitrogens is 2. The van der Waals surface area contributed by atoms with Crippen molar-refractivity contribution in [3.05, 3.63) is 59.2 Å². The summed E-state index contributed by atoms with van der Waals surface area (Å²) >= 11 is 0. The number of hydrogen-bond acceptors (Lipinski definition) is 3. The topological polar surface area (TPSA) is 37.8 Å². The summed E-state index contributed by atoms with van der Waals surface area (Å²) < 4.78 is 0. The van der Waals surface area contributed by atoms with Crippen LogP contribution in [-0.4, -0.2) is 15.5 Å². The van der Waals surface area contributed by atoms with E-state index in [1.807, 2.05) is 12.4 Å². The maximum Gasteiger partial charge on any atom is 0.135 e. The summed E-state index contributed by atoms with van der Waals surface area (Å²) in [6, 6.07) is 8.66. The van der Waals surface area contributed by atoms with E-state index in [1.54, 1.807) is 0 Å². The van der Waals surface area contributed by atoms with Gasteiger partial charge in [-0.2, -0.15) is 0 Å². The van der Waals surface area contributed by atoms with Crippen LogP contribution in [0.5, 0.6) is 0 Å². The maximum atomic E-state index is 4.61. The summed E-state index contributed by atoms with van der Waals surface area (Å²) in [6.45, 7) is 7.30. The van der Waals surface area contributed by atoms with E-state index in [0.29, 0.717) is 5.92 Å². The number of fused-ring (bicyclic) bond motifs is 1. The molecule has 0 saturated carbocycles. The minimum Gasteiger partial charge on any atom is -0.308 e. The van der Waals surface area contributed by atoms with Crippen molar-refractivity contribution in [3.8, 4) is 0 Å². The molecule has 0 aliphatic heterocycles. The molecule has 3 nitrogen and oxygen atoms in total. The third-order valence-electron chi connectivity index (χ3n) is 3.99. The summed E-state index contributed by atoms with van der Waals surface area (Å²) in [5.41, 5.74) is 4.10. The van der Waals surface area contributed by atoms with Crippen LogP contribution in [0, 0.1) is 0 Å². The zero-order valence-electron chi connectivity index (χ0n) is 13.1. The van der Waals surface area contributed by atoms with Gasteiger partial charge >= 0.3 is 0 Å². The molecule has 1 aliphatic carbocycles. The summed E-state index contributed by atoms with van der Waals surface area (Å²) in [5.74, 6) is 1.32. The van der Waals surface area contributed by atoms with Gasteiger partial charge in [0.1, 0.15) is 5.82 Å². The van der Waals surface area contributed by atoms with Crippen molar-refractivity contribution >= 4 is 0 Å². The molecule has 1 heterocycles. The molecule has 1 N–H and O–H groups in total. The van der Waals surface area contributed by atoms with Gasteiger partial charge < -0.3 is 5.32 Å². The Bertz CT molecular complexity index is 611. The average molecular weight is 281 g/mol. The lowest BCUT2D eigenvalue weighted by molar-refractivity contribution is 0.423. The van der Waals surface area contributed by atoms with Gasteiger partial charge in [-0.25, -0.2) is 9.97 Å². The van der Waals surface area contributed by atoms with Crippen LogP contribution in [0.2, 0.25) is 0 Å². The van der Waals surface area contributed by atoms with Gasteiger partial charge in [0.05, 0.1) is 0 Å². The van der Waals surface area contributed by atoms with Crippen molar-refractivity contribution in [3.63, 3.8) is 0 Å². The van der Waals surface area contributed by atoms with Gasteiger partial charge in [0.15, 0.2) is 0 Å². The molecule has 1 aromatic carbocycles. The lowest BCUT2D eigenvalue weighted by Gasteiger charge is -2.20. The molecule has 1 atom stereocenters. The highest BCUT2D eigenvalue weighted by Gasteiger charge is 2.25. The first-order valence-electron chi connectivity index (χ1n) is 7.66. The van der Waals surface area contributed by atoms with Gasteiger partial charge in [0, 0.05) is 36.0 Å². The Morgan fingerprint density at radius 3 is 2.57 bits per heavy atom. The highest BCUT2D eigenvalue weighted by atomic mass is 15.0. The van der Waals surface area contributed by atoms with Crippen LogP contribution in [0.4, 0.5) is 0 Å². The van der Waals surface area contributed by atoms with Crippen molar-refractivity contribution in [2.75, 3.05) is 0 Å². The fraction of sp³-hybridized carbons (Fsp3) is 0.444. The Morgan fingerprint density at radius 1 is 1.14 bits per heavy atom. The standard InChI is InChI=1S/C18H23N3/c1-18(2,3)21-12-13-10-19-17(20-11-13)16-9-8-14-6-4-5-7-15(14)16/h4-7,10-11,16,21H,8-9,12H2,1-3H3. The normalized spacial score (nSPS) is 17.8. The van der Waals surface area contributed by atoms with E-state index in [1.165, 1.54) is 11.1 Å². The van der Waals surface area contributed by atoms with Crippen molar-refractivity contribution in [1.29, 1.82) is 0 Å². The largest absolute Gasteiger partial charge is 0.308 e. The fourth-order valence-corrected chi connectivity index (χ4v) is 2.83. The van der Waals surface area contributed by atoms with E-state index in [9.17, 15) is 0 Å². The number of rotatable bonds is 3. The summed E-state index contributed by atoms with van der Waals surface area (Å²) in [5, 5.41) is 3.46. The maximum absolute atomic E-state index is 4.61. The summed E-state index contributed by atoms with van der Waals surface area (Å²) in [6.07, 6.45) is 6.18. The number of aryl methyl sites for hydroxylation is 1. The second kappa shape index (κ2) is 5.57. The highest BCUT2D eigenvalue weighted by Crippen LogP contribution is 2.36. The molecular formula is C18H23N3. The second-order valence-electron chi connectivity index (χ2n) is 6.84. The molecule has 0 fully saturated rings. The average Bonchev–Trinajstić information content (AvgIpc) is 2.89. The van der Waals surface area contributed by atoms with E-state index >= 15 is 0 Å². The smallest absolute Gasteiger partial charge is 0.135 e. The van der Waals surface area contributed by atoms with E-state index in [4.69, 9.17) is 0 Å². The van der Waals surface area contributed by atoms with Crippen molar-refractivity contribution < 1.29 is 0 Å². The van der Waals surface area contributed by atoms with Crippen LogP contribution < -0.4 is 5.32 Å². The fourth-order valence-electron chi connectivity index (χ4n) is 2.83. The van der Waals surface area contributed by atoms with Gasteiger partial charge in [-0.1, -0.05) is 24.3 Å². The third kappa shape index (κ3) is 3.30. The molecule has 1 unspecified atom stereocenters. The first kappa shape index (κ1) is 14.2. The monoisotopic (exact) mass is 281 g/mol. The van der Waals surface area contributed by atoms with E-state index in [0.717, 1.165) is 30.8 Å². The second-order valence-corrected chi connectivity index (χ2v) is 6.84. The first-order valence-corrected chi connectivity index (χ1v) is 7.66. The molecule has 0 amide bonds. The number of nitrogens with one attached hydrogen (secondary N) is 1. The van der Waals surface area contributed by atoms with Crippen LogP contribution in [0.25, 0.3) is 0 Å². The number of benzene rings is 1. The van der Waals surface area contributed by atoms with Gasteiger partial charge in [0.25, 0.3) is 0 Å². The minimum atomic E-state index is 0.114. The predicted octanol–water partition coefficient (Wildman–Crippen LogP) is 3.44. The first-order chi connectivity index (χ1) is 10.0. The lowest BCUT2D eigenvalue weighted by Crippen LogP contribution is -2.35. The quantitative estimate of drug-likeness (QED) is 0.936. The van der Waals surface area contributed by atoms with Gasteiger partial charge in [-0.05, 0) is 44.7 Å². The lowest BCUT2D eigenvalue weighted by atomic mass is 10.0. The van der Waals surface area contributed by atoms with Crippen LogP contribution in [0.3, 0.4) is 0 Å². The molecular weight excluding hydrogens is 258 g/mol. The number of hydrogen-bond donors (Lipinski definition) is 1. The Balaban J connectivity index is 1.74. The van der Waals surface area contributed by atoms with Gasteiger partial charge in [-0.3, -0.25) is 0 Å². The molecule has 1 aliphatic rings. The van der Waals surface area contributed by atoms with Crippen LogP contribution in [-0.2, 0) is 13.0 Å². The molecule has 0 saturated heterocycles. The Labute approximate surface area is 126 Å². The Hall–Kier alpha value is -1.74. The molecule has 1 aromatic heterocycles. The highest BCUT2D eigenvalue weighted by molar-refractivity contribution is 5.38. The van der Waals surface area contributed by atoms with E-state index in [-0.39, 0.29) is 5.54 Å². The molecule has 0 radical (unpaired) electrons. The van der Waals surface area contributed by atoms with Crippen molar-refractivity contribution in [2.45, 2.75) is 51.6 Å². The predicted molar refractivity (Wildman–Crippen MR) is 85.2 cm³/mol. The third-order valence-corrected chi connectivity index (χ3v) is 3.99. The van der Waals surface area contributed by atoms with Crippen LogP contribution in [0.1, 0.15) is 55.6 Å². The van der Waals surface area contributed by atoms with Crippen molar-refractivity contribution in [2.24, 2.45) is 0 Å². The summed E-state index contributed by atoms with van der Waals surface area (Å²) in [7, 11) is 0. The van der Waals surface area contributed by atoms with Gasteiger partial charge in [-0.15, -0.1) is 0 Å². The van der Waals surface area contributed by atoms with Crippen LogP contribution in [0.15, 0.2) is 36.7 Å². The molecule has 2 aromatic rings. The zero-order chi connectivity index (χ0) is 14.9. The molecule has 21 heavy (non-hydrogen) atoms. The molecule has 3 rings (SSSR count). The Kier molecular flexibility index (Phi) is 3.77. The summed E-state index contributed by atoms with van der Waals surface area (Å²) in [4.78, 5) is 9.22. The van der Waals surface area contributed by atoms with Crippen molar-refractivity contribution in [1.82, 2.24) is 15.3 Å². The van der Waals surface area contributed by atoms with E-state index in [2.05, 4.69) is 60.3 Å². The van der Waals surface area contributed by atoms with Gasteiger partial charge in [0.2, 0.25) is 0 Å². The number of nitrogens with zero attached hydrogens (tertiary/aromatic N) is 2. The minimum absolute atomic E-state index is 0.114. The Morgan fingerprint density at radius 2 is 1.86 bits per heavy atom. The molecule has 0 spiro atoms. The molecule has 110 valence electrons.